The van der Waals surface area contributed by atoms with Gasteiger partial charge < -0.3 is 0 Å². The summed E-state index contributed by atoms with van der Waals surface area (Å²) in [7, 11) is 0. The fourth-order valence-corrected chi connectivity index (χ4v) is 2.39. The number of hydrazone groups is 1. The van der Waals surface area contributed by atoms with Gasteiger partial charge in [-0.1, -0.05) is 15.8 Å². The topological polar surface area (TPSA) is 110 Å². The molecule has 0 aliphatic heterocycles. The number of rotatable bonds is 4. The van der Waals surface area contributed by atoms with E-state index in [1.54, 1.807) is 13.0 Å². The lowest BCUT2D eigenvalue weighted by Crippen LogP contribution is -2.17. The molecule has 0 aliphatic carbocycles. The van der Waals surface area contributed by atoms with Crippen LogP contribution in [0, 0.1) is 17.0 Å². The minimum atomic E-state index is -0.479. The first-order valence-electron chi connectivity index (χ1n) is 4.94. The van der Waals surface area contributed by atoms with Crippen molar-refractivity contribution >= 4 is 40.0 Å². The molecule has 98 valence electrons. The standard InChI is InChI=1S/C9H7N5O3S2/c1-5-8(19-13-11-5)9(15)12-10-4-6-2-3-7(18-6)14(16)17/h2-4H,1H3,(H,12,15)/b10-4+. The van der Waals surface area contributed by atoms with Crippen molar-refractivity contribution in [3.05, 3.63) is 37.7 Å². The summed E-state index contributed by atoms with van der Waals surface area (Å²) in [5.41, 5.74) is 2.84. The molecule has 0 saturated carbocycles. The molecule has 0 bridgehead atoms. The number of hydrogen-bond donors (Lipinski definition) is 1. The lowest BCUT2D eigenvalue weighted by Gasteiger charge is -1.94. The SMILES string of the molecule is Cc1nnsc1C(=O)N/N=C/c1ccc([N+](=O)[O-])s1. The fourth-order valence-electron chi connectivity index (χ4n) is 1.15. The molecule has 0 fully saturated rings. The average molecular weight is 297 g/mol. The average Bonchev–Trinajstić information content (AvgIpc) is 2.97. The van der Waals surface area contributed by atoms with Gasteiger partial charge in [-0.25, -0.2) is 5.43 Å². The van der Waals surface area contributed by atoms with Gasteiger partial charge in [0.05, 0.1) is 21.7 Å². The van der Waals surface area contributed by atoms with Crippen molar-refractivity contribution in [1.82, 2.24) is 15.0 Å². The van der Waals surface area contributed by atoms with E-state index in [2.05, 4.69) is 20.1 Å². The van der Waals surface area contributed by atoms with E-state index < -0.39 is 10.8 Å². The smallest absolute Gasteiger partial charge is 0.266 e. The van der Waals surface area contributed by atoms with Crippen molar-refractivity contribution < 1.29 is 9.72 Å². The van der Waals surface area contributed by atoms with Gasteiger partial charge in [0.15, 0.2) is 0 Å². The summed E-state index contributed by atoms with van der Waals surface area (Å²) >= 11 is 1.95. The van der Waals surface area contributed by atoms with Crippen molar-refractivity contribution in [2.75, 3.05) is 0 Å². The molecular formula is C9H7N5O3S2. The van der Waals surface area contributed by atoms with Crippen molar-refractivity contribution in [2.45, 2.75) is 6.92 Å². The Kier molecular flexibility index (Phi) is 3.92. The second-order valence-electron chi connectivity index (χ2n) is 3.32. The lowest BCUT2D eigenvalue weighted by atomic mass is 10.4. The van der Waals surface area contributed by atoms with Crippen LogP contribution >= 0.6 is 22.9 Å². The molecular weight excluding hydrogens is 290 g/mol. The maximum atomic E-state index is 11.6. The second kappa shape index (κ2) is 5.63. The van der Waals surface area contributed by atoms with Crippen LogP contribution in [0.5, 0.6) is 0 Å². The molecule has 0 unspecified atom stereocenters. The van der Waals surface area contributed by atoms with Crippen LogP contribution in [0.25, 0.3) is 0 Å². The Hall–Kier alpha value is -2.20. The molecule has 2 rings (SSSR count). The van der Waals surface area contributed by atoms with Crippen LogP contribution in [0.4, 0.5) is 5.00 Å². The van der Waals surface area contributed by atoms with Crippen LogP contribution in [0.2, 0.25) is 0 Å². The van der Waals surface area contributed by atoms with Gasteiger partial charge >= 0.3 is 5.00 Å². The first-order chi connectivity index (χ1) is 9.08. The van der Waals surface area contributed by atoms with Gasteiger partial charge in [-0.05, 0) is 24.5 Å². The highest BCUT2D eigenvalue weighted by Crippen LogP contribution is 2.22. The van der Waals surface area contributed by atoms with Gasteiger partial charge in [-0.3, -0.25) is 14.9 Å². The molecule has 1 amide bonds. The minimum absolute atomic E-state index is 0.0234. The van der Waals surface area contributed by atoms with Gasteiger partial charge in [0.1, 0.15) is 4.88 Å². The number of carbonyl (C=O) groups is 1. The van der Waals surface area contributed by atoms with Crippen LogP contribution in [0.15, 0.2) is 17.2 Å². The molecule has 2 aromatic rings. The molecule has 2 aromatic heterocycles. The monoisotopic (exact) mass is 297 g/mol. The van der Waals surface area contributed by atoms with Gasteiger partial charge in [-0.15, -0.1) is 5.10 Å². The number of thiophene rings is 1. The summed E-state index contributed by atoms with van der Waals surface area (Å²) < 4.78 is 3.64. The van der Waals surface area contributed by atoms with E-state index in [1.165, 1.54) is 12.3 Å². The number of aryl methyl sites for hydroxylation is 1. The number of nitrogens with zero attached hydrogens (tertiary/aromatic N) is 4. The van der Waals surface area contributed by atoms with E-state index in [1.807, 2.05) is 0 Å². The van der Waals surface area contributed by atoms with E-state index in [0.717, 1.165) is 22.9 Å². The number of aromatic nitrogens is 2. The summed E-state index contributed by atoms with van der Waals surface area (Å²) in [6.45, 7) is 1.67. The van der Waals surface area contributed by atoms with Crippen molar-refractivity contribution in [3.63, 3.8) is 0 Å². The highest BCUT2D eigenvalue weighted by atomic mass is 32.1. The molecule has 2 heterocycles. The van der Waals surface area contributed by atoms with Crippen LogP contribution < -0.4 is 5.43 Å². The summed E-state index contributed by atoms with van der Waals surface area (Å²) in [6.07, 6.45) is 1.35. The van der Waals surface area contributed by atoms with Gasteiger partial charge in [0.2, 0.25) is 0 Å². The number of carbonyl (C=O) groups excluding carboxylic acids is 1. The zero-order valence-corrected chi connectivity index (χ0v) is 11.2. The quantitative estimate of drug-likeness (QED) is 0.523. The normalized spacial score (nSPS) is 10.8. The predicted octanol–water partition coefficient (Wildman–Crippen LogP) is 1.58. The van der Waals surface area contributed by atoms with E-state index >= 15 is 0 Å². The molecule has 0 radical (unpaired) electrons. The van der Waals surface area contributed by atoms with Gasteiger partial charge in [-0.2, -0.15) is 5.10 Å². The zero-order valence-electron chi connectivity index (χ0n) is 9.56. The summed E-state index contributed by atoms with van der Waals surface area (Å²) in [5, 5.41) is 17.9. The summed E-state index contributed by atoms with van der Waals surface area (Å²) in [6, 6.07) is 2.93. The molecule has 19 heavy (non-hydrogen) atoms. The first-order valence-corrected chi connectivity index (χ1v) is 6.53. The number of amides is 1. The largest absolute Gasteiger partial charge is 0.324 e. The molecule has 10 heteroatoms. The Morgan fingerprint density at radius 3 is 2.95 bits per heavy atom. The third kappa shape index (κ3) is 3.17. The molecule has 0 atom stereocenters. The Bertz CT molecular complexity index is 648. The third-order valence-corrected chi connectivity index (χ3v) is 3.81. The first kappa shape index (κ1) is 13.2. The van der Waals surface area contributed by atoms with Crippen LogP contribution in [-0.4, -0.2) is 26.6 Å². The molecule has 0 aliphatic rings. The maximum Gasteiger partial charge on any atom is 0.324 e. The van der Waals surface area contributed by atoms with E-state index in [-0.39, 0.29) is 5.00 Å². The van der Waals surface area contributed by atoms with Crippen molar-refractivity contribution in [1.29, 1.82) is 0 Å². The Labute approximate surface area is 115 Å². The van der Waals surface area contributed by atoms with E-state index in [9.17, 15) is 14.9 Å². The Morgan fingerprint density at radius 1 is 1.58 bits per heavy atom. The molecule has 1 N–H and O–H groups in total. The van der Waals surface area contributed by atoms with Crippen molar-refractivity contribution in [3.8, 4) is 0 Å². The van der Waals surface area contributed by atoms with Crippen LogP contribution in [-0.2, 0) is 0 Å². The molecule has 8 nitrogen and oxygen atoms in total. The number of nitrogens with one attached hydrogen (secondary N) is 1. The predicted molar refractivity (Wildman–Crippen MR) is 70.7 cm³/mol. The van der Waals surface area contributed by atoms with Crippen LogP contribution in [0.3, 0.4) is 0 Å². The van der Waals surface area contributed by atoms with Crippen molar-refractivity contribution in [2.24, 2.45) is 5.10 Å². The van der Waals surface area contributed by atoms with Gasteiger partial charge in [0.25, 0.3) is 5.91 Å². The lowest BCUT2D eigenvalue weighted by molar-refractivity contribution is -0.380. The van der Waals surface area contributed by atoms with Gasteiger partial charge in [0, 0.05) is 6.07 Å². The molecule has 0 aromatic carbocycles. The van der Waals surface area contributed by atoms with Crippen LogP contribution in [0.1, 0.15) is 20.2 Å². The van der Waals surface area contributed by atoms with E-state index in [4.69, 9.17) is 0 Å². The summed E-state index contributed by atoms with van der Waals surface area (Å²) in [4.78, 5) is 22.6. The highest BCUT2D eigenvalue weighted by Gasteiger charge is 2.12. The second-order valence-corrected chi connectivity index (χ2v) is 5.17. The number of nitro groups is 1. The minimum Gasteiger partial charge on any atom is -0.266 e. The third-order valence-electron chi connectivity index (χ3n) is 2.01. The fraction of sp³-hybridized carbons (Fsp3) is 0.111. The van der Waals surface area contributed by atoms with E-state index in [0.29, 0.717) is 15.4 Å². The maximum absolute atomic E-state index is 11.6. The summed E-state index contributed by atoms with van der Waals surface area (Å²) in [5.74, 6) is -0.408. The zero-order chi connectivity index (χ0) is 13.8. The molecule has 0 saturated heterocycles. The Morgan fingerprint density at radius 2 is 2.37 bits per heavy atom. The molecule has 0 spiro atoms. The highest BCUT2D eigenvalue weighted by molar-refractivity contribution is 7.16. The Balaban J connectivity index is 1.98. The number of hydrogen-bond acceptors (Lipinski definition) is 8.